The van der Waals surface area contributed by atoms with Crippen molar-refractivity contribution in [2.75, 3.05) is 45.4 Å². The van der Waals surface area contributed by atoms with Crippen LogP contribution in [0.2, 0.25) is 0 Å². The summed E-state index contributed by atoms with van der Waals surface area (Å²) < 4.78 is 12.6. The van der Waals surface area contributed by atoms with Crippen LogP contribution in [0, 0.1) is 0 Å². The summed E-state index contributed by atoms with van der Waals surface area (Å²) in [6.07, 6.45) is 0.358. The molecule has 0 bridgehead atoms. The maximum absolute atomic E-state index is 11.4. The molecule has 11 heteroatoms. The first-order valence-electron chi connectivity index (χ1n) is 11.8. The molecule has 3 aromatic carbocycles. The molecule has 38 heavy (non-hydrogen) atoms. The Morgan fingerprint density at radius 3 is 2.68 bits per heavy atom. The van der Waals surface area contributed by atoms with Crippen LogP contribution in [0.3, 0.4) is 0 Å². The van der Waals surface area contributed by atoms with E-state index in [1.807, 2.05) is 55.4 Å². The molecule has 0 amide bonds. The molecule has 194 valence electrons. The average Bonchev–Trinajstić information content (AvgIpc) is 3.32. The highest BCUT2D eigenvalue weighted by molar-refractivity contribution is 5.96. The molecule has 0 unspecified atom stereocenters. The number of anilines is 3. The number of nitrogens with zero attached hydrogens (tertiary/aromatic N) is 5. The van der Waals surface area contributed by atoms with Gasteiger partial charge in [-0.3, -0.25) is 0 Å². The van der Waals surface area contributed by atoms with Crippen LogP contribution in [0.1, 0.15) is 0 Å². The van der Waals surface area contributed by atoms with E-state index in [2.05, 4.69) is 10.4 Å². The van der Waals surface area contributed by atoms with Gasteiger partial charge in [-0.15, -0.1) is 0 Å². The van der Waals surface area contributed by atoms with Crippen LogP contribution >= 0.6 is 0 Å². The van der Waals surface area contributed by atoms with E-state index in [4.69, 9.17) is 25.2 Å². The summed E-state index contributed by atoms with van der Waals surface area (Å²) in [5.41, 5.74) is 9.22. The standard InChI is InChI=1S/C27H27N7O4/c1-33(2)9-10-38-24-13-20-21(14-23(24)37-3)31-25(16-5-4-6-18(28)11-16)32-26(20)30-19-7-8-22-17(12-19)15-29-34(22)27(35)36/h4-8,11-15H,9-10,28H2,1-3H3,(H,35,36)(H,30,31,32). The molecule has 0 atom stereocenters. The van der Waals surface area contributed by atoms with Crippen LogP contribution in [0.15, 0.2) is 60.8 Å². The number of ether oxygens (including phenoxy) is 2. The molecule has 0 aliphatic carbocycles. The minimum absolute atomic E-state index is 0.476. The largest absolute Gasteiger partial charge is 0.493 e. The van der Waals surface area contributed by atoms with E-state index >= 15 is 0 Å². The maximum atomic E-state index is 11.4. The van der Waals surface area contributed by atoms with E-state index in [0.29, 0.717) is 57.5 Å². The lowest BCUT2D eigenvalue weighted by Gasteiger charge is -2.16. The minimum Gasteiger partial charge on any atom is -0.493 e. The fourth-order valence-electron chi connectivity index (χ4n) is 4.05. The number of hydrogen-bond donors (Lipinski definition) is 3. The first-order chi connectivity index (χ1) is 18.3. The first kappa shape index (κ1) is 24.8. The summed E-state index contributed by atoms with van der Waals surface area (Å²) in [4.78, 5) is 23.1. The zero-order valence-corrected chi connectivity index (χ0v) is 21.2. The molecule has 11 nitrogen and oxygen atoms in total. The molecule has 0 spiro atoms. The molecule has 0 saturated carbocycles. The number of carbonyl (C=O) groups is 1. The van der Waals surface area contributed by atoms with E-state index in [0.717, 1.165) is 22.2 Å². The number of methoxy groups -OCH3 is 1. The second-order valence-corrected chi connectivity index (χ2v) is 8.93. The molecule has 4 N–H and O–H groups in total. The lowest BCUT2D eigenvalue weighted by molar-refractivity contribution is 0.194. The first-order valence-corrected chi connectivity index (χ1v) is 11.8. The van der Waals surface area contributed by atoms with Crippen molar-refractivity contribution in [3.05, 3.63) is 60.8 Å². The second kappa shape index (κ2) is 10.2. The third-order valence-corrected chi connectivity index (χ3v) is 5.93. The van der Waals surface area contributed by atoms with E-state index < -0.39 is 6.09 Å². The van der Waals surface area contributed by atoms with Crippen molar-refractivity contribution in [1.29, 1.82) is 0 Å². The van der Waals surface area contributed by atoms with Crippen LogP contribution < -0.4 is 20.5 Å². The number of nitrogens with one attached hydrogen (secondary N) is 1. The van der Waals surface area contributed by atoms with Crippen molar-refractivity contribution in [3.63, 3.8) is 0 Å². The summed E-state index contributed by atoms with van der Waals surface area (Å²) in [6.45, 7) is 1.21. The lowest BCUT2D eigenvalue weighted by atomic mass is 10.1. The van der Waals surface area contributed by atoms with Crippen molar-refractivity contribution in [1.82, 2.24) is 24.6 Å². The van der Waals surface area contributed by atoms with Crippen molar-refractivity contribution >= 4 is 45.1 Å². The van der Waals surface area contributed by atoms with Gasteiger partial charge in [0.25, 0.3) is 0 Å². The molecule has 2 heterocycles. The number of hydrogen-bond acceptors (Lipinski definition) is 9. The zero-order chi connectivity index (χ0) is 26.8. The number of likely N-dealkylation sites (N-methyl/N-ethyl adjacent to an activating group) is 1. The summed E-state index contributed by atoms with van der Waals surface area (Å²) in [5, 5.41) is 18.1. The van der Waals surface area contributed by atoms with Crippen molar-refractivity contribution < 1.29 is 19.4 Å². The number of rotatable bonds is 8. The monoisotopic (exact) mass is 513 g/mol. The summed E-state index contributed by atoms with van der Waals surface area (Å²) in [6, 6.07) is 16.3. The summed E-state index contributed by atoms with van der Waals surface area (Å²) >= 11 is 0. The Morgan fingerprint density at radius 1 is 1.11 bits per heavy atom. The SMILES string of the molecule is COc1cc2nc(-c3cccc(N)c3)nc(Nc3ccc4c(cnn4C(=O)O)c3)c2cc1OCCN(C)C. The Balaban J connectivity index is 1.62. The van der Waals surface area contributed by atoms with E-state index in [1.54, 1.807) is 25.3 Å². The topological polar surface area (TPSA) is 141 Å². The number of fused-ring (bicyclic) bond motifs is 2. The molecule has 5 aromatic rings. The Hall–Kier alpha value is -4.90. The lowest BCUT2D eigenvalue weighted by Crippen LogP contribution is -2.19. The number of nitrogen functional groups attached to an aromatic ring is 1. The average molecular weight is 514 g/mol. The van der Waals surface area contributed by atoms with Gasteiger partial charge in [-0.1, -0.05) is 12.1 Å². The van der Waals surface area contributed by atoms with Crippen LogP contribution in [0.5, 0.6) is 11.5 Å². The van der Waals surface area contributed by atoms with Gasteiger partial charge in [0, 0.05) is 40.3 Å². The predicted octanol–water partition coefficient (Wildman–Crippen LogP) is 4.45. The van der Waals surface area contributed by atoms with Crippen LogP contribution in [0.25, 0.3) is 33.2 Å². The van der Waals surface area contributed by atoms with Gasteiger partial charge in [0.15, 0.2) is 17.3 Å². The van der Waals surface area contributed by atoms with Gasteiger partial charge in [-0.05, 0) is 50.5 Å². The van der Waals surface area contributed by atoms with Crippen molar-refractivity contribution in [2.45, 2.75) is 0 Å². The Labute approximate surface area is 218 Å². The maximum Gasteiger partial charge on any atom is 0.432 e. The number of aromatic nitrogens is 4. The number of carboxylic acid groups (broad SMARTS) is 1. The third kappa shape index (κ3) is 5.00. The van der Waals surface area contributed by atoms with E-state index in [-0.39, 0.29) is 0 Å². The van der Waals surface area contributed by atoms with Gasteiger partial charge in [0.2, 0.25) is 0 Å². The van der Waals surface area contributed by atoms with Crippen LogP contribution in [0.4, 0.5) is 22.0 Å². The summed E-state index contributed by atoms with van der Waals surface area (Å²) in [5.74, 6) is 2.15. The fourth-order valence-corrected chi connectivity index (χ4v) is 4.05. The summed E-state index contributed by atoms with van der Waals surface area (Å²) in [7, 11) is 5.54. The predicted molar refractivity (Wildman–Crippen MR) is 146 cm³/mol. The smallest absolute Gasteiger partial charge is 0.432 e. The molecule has 0 radical (unpaired) electrons. The van der Waals surface area contributed by atoms with Gasteiger partial charge < -0.3 is 30.5 Å². The molecule has 2 aromatic heterocycles. The number of nitrogens with two attached hydrogens (primary N) is 1. The number of benzene rings is 3. The van der Waals surface area contributed by atoms with Gasteiger partial charge in [-0.2, -0.15) is 9.78 Å². The molecular formula is C27H27N7O4. The Kier molecular flexibility index (Phi) is 6.67. The Morgan fingerprint density at radius 2 is 1.95 bits per heavy atom. The molecule has 0 fully saturated rings. The molecular weight excluding hydrogens is 486 g/mol. The highest BCUT2D eigenvalue weighted by atomic mass is 16.5. The Bertz CT molecular complexity index is 1650. The van der Waals surface area contributed by atoms with E-state index in [1.165, 1.54) is 6.20 Å². The zero-order valence-electron chi connectivity index (χ0n) is 21.2. The third-order valence-electron chi connectivity index (χ3n) is 5.93. The fraction of sp³-hybridized carbons (Fsp3) is 0.185. The van der Waals surface area contributed by atoms with Crippen LogP contribution in [-0.2, 0) is 0 Å². The van der Waals surface area contributed by atoms with Crippen molar-refractivity contribution in [2.24, 2.45) is 0 Å². The quantitative estimate of drug-likeness (QED) is 0.255. The highest BCUT2D eigenvalue weighted by Gasteiger charge is 2.16. The van der Waals surface area contributed by atoms with Crippen LogP contribution in [-0.4, -0.2) is 70.2 Å². The highest BCUT2D eigenvalue weighted by Crippen LogP contribution is 2.37. The molecule has 5 rings (SSSR count). The van der Waals surface area contributed by atoms with Gasteiger partial charge >= 0.3 is 6.09 Å². The minimum atomic E-state index is -1.15. The van der Waals surface area contributed by atoms with Gasteiger partial charge in [-0.25, -0.2) is 14.8 Å². The van der Waals surface area contributed by atoms with E-state index in [9.17, 15) is 9.90 Å². The molecule has 0 saturated heterocycles. The van der Waals surface area contributed by atoms with Crippen molar-refractivity contribution in [3.8, 4) is 22.9 Å². The normalized spacial score (nSPS) is 11.3. The second-order valence-electron chi connectivity index (χ2n) is 8.93. The molecule has 0 aliphatic heterocycles. The van der Waals surface area contributed by atoms with Gasteiger partial charge in [0.05, 0.1) is 24.3 Å². The van der Waals surface area contributed by atoms with Gasteiger partial charge in [0.1, 0.15) is 12.4 Å². The molecule has 0 aliphatic rings.